The number of nitrogens with zero attached hydrogens (tertiary/aromatic N) is 2. The number of carboxylic acid groups (broad SMARTS) is 1. The lowest BCUT2D eigenvalue weighted by Crippen LogP contribution is -2.12. The third-order valence-corrected chi connectivity index (χ3v) is 2.46. The molecule has 1 aromatic rings. The van der Waals surface area contributed by atoms with Crippen molar-refractivity contribution in [3.63, 3.8) is 0 Å². The van der Waals surface area contributed by atoms with Gasteiger partial charge in [0.15, 0.2) is 5.69 Å². The van der Waals surface area contributed by atoms with Crippen LogP contribution < -0.4 is 5.32 Å². The molecule has 5 nitrogen and oxygen atoms in total. The van der Waals surface area contributed by atoms with Gasteiger partial charge in [-0.1, -0.05) is 6.92 Å². The van der Waals surface area contributed by atoms with Gasteiger partial charge >= 0.3 is 5.97 Å². The van der Waals surface area contributed by atoms with Crippen LogP contribution in [-0.2, 0) is 4.79 Å². The summed E-state index contributed by atoms with van der Waals surface area (Å²) in [5, 5.41) is 20.6. The van der Waals surface area contributed by atoms with Gasteiger partial charge in [-0.25, -0.2) is 4.98 Å². The molecular weight excluding hydrogens is 218 g/mol. The first-order valence-corrected chi connectivity index (χ1v) is 5.47. The van der Waals surface area contributed by atoms with Gasteiger partial charge in [-0.2, -0.15) is 5.26 Å². The maximum absolute atomic E-state index is 10.6. The van der Waals surface area contributed by atoms with Crippen molar-refractivity contribution in [3.8, 4) is 6.07 Å². The predicted molar refractivity (Wildman–Crippen MR) is 63.5 cm³/mol. The number of anilines is 1. The van der Waals surface area contributed by atoms with Crippen LogP contribution in [0.15, 0.2) is 18.3 Å². The van der Waals surface area contributed by atoms with Gasteiger partial charge in [0.1, 0.15) is 6.07 Å². The fourth-order valence-corrected chi connectivity index (χ4v) is 1.39. The number of aromatic nitrogens is 1. The van der Waals surface area contributed by atoms with Gasteiger partial charge in [-0.15, -0.1) is 0 Å². The molecule has 1 heterocycles. The molecule has 0 amide bonds. The summed E-state index contributed by atoms with van der Waals surface area (Å²) in [5.41, 5.74) is 1.05. The van der Waals surface area contributed by atoms with Gasteiger partial charge < -0.3 is 10.4 Å². The number of nitrogens with one attached hydrogen (secondary N) is 1. The fraction of sp³-hybridized carbons (Fsp3) is 0.417. The zero-order valence-corrected chi connectivity index (χ0v) is 9.68. The molecular formula is C12H15N3O2. The first kappa shape index (κ1) is 13.0. The van der Waals surface area contributed by atoms with Crippen molar-refractivity contribution < 1.29 is 9.90 Å². The average molecular weight is 233 g/mol. The minimum atomic E-state index is -0.774. The van der Waals surface area contributed by atoms with Crippen molar-refractivity contribution >= 4 is 11.7 Å². The number of hydrogen-bond acceptors (Lipinski definition) is 4. The van der Waals surface area contributed by atoms with Gasteiger partial charge in [0.2, 0.25) is 0 Å². The van der Waals surface area contributed by atoms with E-state index in [0.717, 1.165) is 6.42 Å². The van der Waals surface area contributed by atoms with E-state index in [-0.39, 0.29) is 5.92 Å². The number of pyridine rings is 1. The Hall–Kier alpha value is -2.09. The van der Waals surface area contributed by atoms with E-state index >= 15 is 0 Å². The maximum Gasteiger partial charge on any atom is 0.306 e. The van der Waals surface area contributed by atoms with Crippen molar-refractivity contribution in [1.82, 2.24) is 4.98 Å². The normalized spacial score (nSPS) is 11.5. The summed E-state index contributed by atoms with van der Waals surface area (Å²) in [4.78, 5) is 14.5. The summed E-state index contributed by atoms with van der Waals surface area (Å²) < 4.78 is 0. The molecule has 0 fully saturated rings. The Kier molecular flexibility index (Phi) is 4.95. The lowest BCUT2D eigenvalue weighted by molar-refractivity contribution is -0.141. The number of carbonyl (C=O) groups is 1. The summed E-state index contributed by atoms with van der Waals surface area (Å²) in [7, 11) is 0. The number of aliphatic carboxylic acids is 1. The summed E-state index contributed by atoms with van der Waals surface area (Å²) in [5.74, 6) is -1.11. The summed E-state index contributed by atoms with van der Waals surface area (Å²) >= 11 is 0. The molecule has 0 aromatic carbocycles. The second-order valence-corrected chi connectivity index (χ2v) is 3.82. The van der Waals surface area contributed by atoms with Gasteiger partial charge in [0, 0.05) is 12.7 Å². The number of rotatable bonds is 6. The van der Waals surface area contributed by atoms with E-state index in [9.17, 15) is 4.79 Å². The molecule has 0 spiro atoms. The van der Waals surface area contributed by atoms with Gasteiger partial charge in [-0.3, -0.25) is 4.79 Å². The summed E-state index contributed by atoms with van der Waals surface area (Å²) in [6.07, 6.45) is 2.92. The van der Waals surface area contributed by atoms with Crippen molar-refractivity contribution in [1.29, 1.82) is 5.26 Å². The summed E-state index contributed by atoms with van der Waals surface area (Å²) in [6, 6.07) is 5.53. The standard InChI is InChI=1S/C12H15N3O2/c1-9(12(16)17)4-2-6-14-10-5-3-7-15-11(10)8-13/h3,5,7,9,14H,2,4,6H2,1H3,(H,16,17). The Bertz CT molecular complexity index is 426. The number of carboxylic acids is 1. The van der Waals surface area contributed by atoms with E-state index in [0.29, 0.717) is 24.3 Å². The van der Waals surface area contributed by atoms with E-state index in [4.69, 9.17) is 10.4 Å². The third kappa shape index (κ3) is 4.11. The first-order chi connectivity index (χ1) is 8.15. The van der Waals surface area contributed by atoms with Crippen LogP contribution in [0.4, 0.5) is 5.69 Å². The van der Waals surface area contributed by atoms with Crippen molar-refractivity contribution in [2.45, 2.75) is 19.8 Å². The van der Waals surface area contributed by atoms with E-state index < -0.39 is 5.97 Å². The molecule has 0 aliphatic heterocycles. The molecule has 0 aliphatic rings. The Morgan fingerprint density at radius 2 is 2.47 bits per heavy atom. The average Bonchev–Trinajstić information content (AvgIpc) is 2.34. The van der Waals surface area contributed by atoms with Crippen LogP contribution in [0.3, 0.4) is 0 Å². The highest BCUT2D eigenvalue weighted by Crippen LogP contribution is 2.11. The lowest BCUT2D eigenvalue weighted by Gasteiger charge is -2.08. The second-order valence-electron chi connectivity index (χ2n) is 3.82. The zero-order valence-electron chi connectivity index (χ0n) is 9.68. The number of nitriles is 1. The van der Waals surface area contributed by atoms with E-state index in [1.807, 2.05) is 6.07 Å². The highest BCUT2D eigenvalue weighted by Gasteiger charge is 2.09. The zero-order chi connectivity index (χ0) is 12.7. The molecule has 0 saturated carbocycles. The van der Waals surface area contributed by atoms with E-state index in [1.54, 1.807) is 25.3 Å². The predicted octanol–water partition coefficient (Wildman–Crippen LogP) is 1.87. The van der Waals surface area contributed by atoms with Crippen LogP contribution in [0.25, 0.3) is 0 Å². The molecule has 1 rings (SSSR count). The minimum Gasteiger partial charge on any atom is -0.481 e. The highest BCUT2D eigenvalue weighted by atomic mass is 16.4. The highest BCUT2D eigenvalue weighted by molar-refractivity contribution is 5.69. The SMILES string of the molecule is CC(CCCNc1cccnc1C#N)C(=O)O. The third-order valence-electron chi connectivity index (χ3n) is 2.46. The van der Waals surface area contributed by atoms with Gasteiger partial charge in [-0.05, 0) is 25.0 Å². The Balaban J connectivity index is 2.37. The molecule has 0 radical (unpaired) electrons. The van der Waals surface area contributed by atoms with Crippen LogP contribution in [-0.4, -0.2) is 22.6 Å². The molecule has 0 aliphatic carbocycles. The van der Waals surface area contributed by atoms with Crippen LogP contribution >= 0.6 is 0 Å². The van der Waals surface area contributed by atoms with Crippen LogP contribution in [0.1, 0.15) is 25.5 Å². The van der Waals surface area contributed by atoms with E-state index in [1.165, 1.54) is 0 Å². The van der Waals surface area contributed by atoms with Crippen LogP contribution in [0.2, 0.25) is 0 Å². The molecule has 17 heavy (non-hydrogen) atoms. The van der Waals surface area contributed by atoms with Crippen molar-refractivity contribution in [2.75, 3.05) is 11.9 Å². The molecule has 90 valence electrons. The molecule has 1 unspecified atom stereocenters. The van der Waals surface area contributed by atoms with E-state index in [2.05, 4.69) is 10.3 Å². The molecule has 5 heteroatoms. The molecule has 1 atom stereocenters. The lowest BCUT2D eigenvalue weighted by atomic mass is 10.1. The van der Waals surface area contributed by atoms with Crippen molar-refractivity contribution in [2.24, 2.45) is 5.92 Å². The largest absolute Gasteiger partial charge is 0.481 e. The Labute approximate surface area is 100 Å². The van der Waals surface area contributed by atoms with Gasteiger partial charge in [0.25, 0.3) is 0 Å². The molecule has 1 aromatic heterocycles. The Morgan fingerprint density at radius 3 is 3.12 bits per heavy atom. The second kappa shape index (κ2) is 6.48. The minimum absolute atomic E-state index is 0.332. The van der Waals surface area contributed by atoms with Crippen molar-refractivity contribution in [3.05, 3.63) is 24.0 Å². The summed E-state index contributed by atoms with van der Waals surface area (Å²) in [6.45, 7) is 2.32. The molecule has 2 N–H and O–H groups in total. The molecule has 0 bridgehead atoms. The topological polar surface area (TPSA) is 86.0 Å². The number of hydrogen-bond donors (Lipinski definition) is 2. The smallest absolute Gasteiger partial charge is 0.306 e. The van der Waals surface area contributed by atoms with Crippen LogP contribution in [0, 0.1) is 17.2 Å². The first-order valence-electron chi connectivity index (χ1n) is 5.47. The van der Waals surface area contributed by atoms with Gasteiger partial charge in [0.05, 0.1) is 11.6 Å². The monoisotopic (exact) mass is 233 g/mol. The maximum atomic E-state index is 10.6. The van der Waals surface area contributed by atoms with Crippen LogP contribution in [0.5, 0.6) is 0 Å². The quantitative estimate of drug-likeness (QED) is 0.732. The molecule has 0 saturated heterocycles. The Morgan fingerprint density at radius 1 is 1.71 bits per heavy atom. The fourth-order valence-electron chi connectivity index (χ4n) is 1.39.